The fourth-order valence-electron chi connectivity index (χ4n) is 1.65. The molecule has 2 atom stereocenters. The predicted molar refractivity (Wildman–Crippen MR) is 72.6 cm³/mol. The molecule has 10 nitrogen and oxygen atoms in total. The molecule has 0 saturated carbocycles. The Bertz CT molecular complexity index is 374. The van der Waals surface area contributed by atoms with Crippen LogP contribution in [0.25, 0.3) is 0 Å². The van der Waals surface area contributed by atoms with E-state index in [1.807, 2.05) is 0 Å². The minimum absolute atomic E-state index is 0.0912. The molecule has 0 aromatic carbocycles. The van der Waals surface area contributed by atoms with Gasteiger partial charge in [-0.3, -0.25) is 19.2 Å². The maximum atomic E-state index is 10.9. The van der Waals surface area contributed by atoms with Crippen molar-refractivity contribution in [3.63, 3.8) is 0 Å². The van der Waals surface area contributed by atoms with Crippen LogP contribution >= 0.6 is 0 Å². The van der Waals surface area contributed by atoms with Gasteiger partial charge in [-0.25, -0.2) is 0 Å². The number of aliphatic carboxylic acids is 4. The van der Waals surface area contributed by atoms with E-state index >= 15 is 0 Å². The molecule has 0 bridgehead atoms. The fourth-order valence-corrected chi connectivity index (χ4v) is 1.65. The average molecular weight is 320 g/mol. The van der Waals surface area contributed by atoms with Crippen molar-refractivity contribution < 1.29 is 39.6 Å². The van der Waals surface area contributed by atoms with Crippen molar-refractivity contribution in [2.75, 3.05) is 13.1 Å². The molecule has 0 spiro atoms. The summed E-state index contributed by atoms with van der Waals surface area (Å²) in [6.45, 7) is 0.209. The molecule has 0 unspecified atom stereocenters. The van der Waals surface area contributed by atoms with Crippen molar-refractivity contribution >= 4 is 23.9 Å². The van der Waals surface area contributed by atoms with Gasteiger partial charge in [-0.15, -0.1) is 0 Å². The van der Waals surface area contributed by atoms with Crippen molar-refractivity contribution in [2.45, 2.75) is 37.8 Å². The summed E-state index contributed by atoms with van der Waals surface area (Å²) < 4.78 is 0. The predicted octanol–water partition coefficient (Wildman–Crippen LogP) is -1.20. The van der Waals surface area contributed by atoms with Crippen molar-refractivity contribution in [3.05, 3.63) is 0 Å². The van der Waals surface area contributed by atoms with Gasteiger partial charge in [0, 0.05) is 25.9 Å². The number of hydrogen-bond acceptors (Lipinski definition) is 6. The maximum Gasteiger partial charge on any atom is 0.320 e. The second-order valence-corrected chi connectivity index (χ2v) is 4.55. The van der Waals surface area contributed by atoms with Crippen LogP contribution in [0.1, 0.15) is 25.7 Å². The Morgan fingerprint density at radius 3 is 1.23 bits per heavy atom. The minimum Gasteiger partial charge on any atom is -0.481 e. The molecule has 10 heteroatoms. The smallest absolute Gasteiger partial charge is 0.320 e. The quantitative estimate of drug-likeness (QED) is 0.226. The third-order valence-corrected chi connectivity index (χ3v) is 2.80. The normalized spacial score (nSPS) is 13.3. The lowest BCUT2D eigenvalue weighted by molar-refractivity contribution is -0.142. The van der Waals surface area contributed by atoms with Gasteiger partial charge in [0.1, 0.15) is 12.1 Å². The van der Waals surface area contributed by atoms with E-state index in [1.165, 1.54) is 0 Å². The lowest BCUT2D eigenvalue weighted by Crippen LogP contribution is -2.44. The van der Waals surface area contributed by atoms with E-state index in [0.29, 0.717) is 0 Å². The first-order chi connectivity index (χ1) is 10.2. The lowest BCUT2D eigenvalue weighted by atomic mass is 10.1. The maximum absolute atomic E-state index is 10.9. The van der Waals surface area contributed by atoms with Crippen LogP contribution in [0.4, 0.5) is 0 Å². The van der Waals surface area contributed by atoms with Gasteiger partial charge >= 0.3 is 23.9 Å². The van der Waals surface area contributed by atoms with Crippen LogP contribution in [0.3, 0.4) is 0 Å². The summed E-state index contributed by atoms with van der Waals surface area (Å²) in [5, 5.41) is 40.0. The van der Waals surface area contributed by atoms with E-state index in [1.54, 1.807) is 0 Å². The Balaban J connectivity index is 4.12. The second-order valence-electron chi connectivity index (χ2n) is 4.55. The molecule has 6 N–H and O–H groups in total. The van der Waals surface area contributed by atoms with E-state index < -0.39 is 36.0 Å². The van der Waals surface area contributed by atoms with Crippen molar-refractivity contribution in [3.8, 4) is 0 Å². The Morgan fingerprint density at radius 1 is 0.682 bits per heavy atom. The monoisotopic (exact) mass is 320 g/mol. The van der Waals surface area contributed by atoms with Gasteiger partial charge in [0.25, 0.3) is 0 Å². The molecule has 126 valence electrons. The van der Waals surface area contributed by atoms with Gasteiger partial charge in [-0.2, -0.15) is 0 Å². The zero-order valence-corrected chi connectivity index (χ0v) is 11.8. The lowest BCUT2D eigenvalue weighted by Gasteiger charge is -2.16. The number of carboxylic acid groups (broad SMARTS) is 4. The third kappa shape index (κ3) is 9.66. The van der Waals surface area contributed by atoms with E-state index in [9.17, 15) is 19.2 Å². The van der Waals surface area contributed by atoms with Crippen LogP contribution in [0.5, 0.6) is 0 Å². The van der Waals surface area contributed by atoms with Gasteiger partial charge in [0.2, 0.25) is 0 Å². The summed E-state index contributed by atoms with van der Waals surface area (Å²) in [5.41, 5.74) is 0. The van der Waals surface area contributed by atoms with E-state index in [-0.39, 0.29) is 38.8 Å². The van der Waals surface area contributed by atoms with E-state index in [0.717, 1.165) is 0 Å². The highest BCUT2D eigenvalue weighted by Crippen LogP contribution is 1.99. The molecule has 0 radical (unpaired) electrons. The summed E-state index contributed by atoms with van der Waals surface area (Å²) in [7, 11) is 0. The minimum atomic E-state index is -1.19. The van der Waals surface area contributed by atoms with Gasteiger partial charge in [0.15, 0.2) is 0 Å². The Morgan fingerprint density at radius 2 is 1.00 bits per heavy atom. The second kappa shape index (κ2) is 10.5. The largest absolute Gasteiger partial charge is 0.481 e. The molecule has 0 aromatic rings. The van der Waals surface area contributed by atoms with Crippen molar-refractivity contribution in [2.24, 2.45) is 0 Å². The number of nitrogens with one attached hydrogen (secondary N) is 2. The highest BCUT2D eigenvalue weighted by atomic mass is 16.4. The number of carboxylic acids is 4. The molecule has 0 aromatic heterocycles. The third-order valence-electron chi connectivity index (χ3n) is 2.80. The van der Waals surface area contributed by atoms with Crippen LogP contribution in [0.2, 0.25) is 0 Å². The molecular weight excluding hydrogens is 300 g/mol. The summed E-state index contributed by atoms with van der Waals surface area (Å²) in [6, 6.07) is -2.08. The number of rotatable bonds is 13. The topological polar surface area (TPSA) is 173 Å². The van der Waals surface area contributed by atoms with Gasteiger partial charge < -0.3 is 31.1 Å². The van der Waals surface area contributed by atoms with Gasteiger partial charge in [-0.05, 0) is 12.8 Å². The van der Waals surface area contributed by atoms with E-state index in [4.69, 9.17) is 20.4 Å². The number of hydrogen-bond donors (Lipinski definition) is 6. The summed E-state index contributed by atoms with van der Waals surface area (Å²) in [5.74, 6) is -4.60. The molecular formula is C12H20N2O8. The van der Waals surface area contributed by atoms with E-state index in [2.05, 4.69) is 10.6 Å². The first kappa shape index (κ1) is 19.8. The van der Waals surface area contributed by atoms with Crippen LogP contribution < -0.4 is 10.6 Å². The first-order valence-electron chi connectivity index (χ1n) is 6.60. The standard InChI is InChI=1S/C12H20N2O8/c15-9(16)3-1-7(11(19)20)13-5-6-14-8(12(21)22)2-4-10(17)18/h7-8,13-14H,1-6H2,(H,15,16)(H,17,18)(H,19,20)(H,21,22)/t7-,8-/m0/s1. The summed E-state index contributed by atoms with van der Waals surface area (Å²) >= 11 is 0. The Kier molecular flexibility index (Phi) is 9.46. The highest BCUT2D eigenvalue weighted by Gasteiger charge is 2.20. The molecule has 0 rings (SSSR count). The molecule has 22 heavy (non-hydrogen) atoms. The molecule has 0 aliphatic carbocycles. The van der Waals surface area contributed by atoms with Crippen LogP contribution in [-0.2, 0) is 19.2 Å². The first-order valence-corrected chi connectivity index (χ1v) is 6.60. The molecule has 0 aliphatic rings. The van der Waals surface area contributed by atoms with Crippen molar-refractivity contribution in [1.82, 2.24) is 10.6 Å². The zero-order valence-electron chi connectivity index (χ0n) is 11.8. The fraction of sp³-hybridized carbons (Fsp3) is 0.667. The van der Waals surface area contributed by atoms with Crippen molar-refractivity contribution in [1.29, 1.82) is 0 Å². The molecule has 0 aliphatic heterocycles. The molecule has 0 fully saturated rings. The van der Waals surface area contributed by atoms with Gasteiger partial charge in [0.05, 0.1) is 0 Å². The Hall–Kier alpha value is -2.20. The van der Waals surface area contributed by atoms with Crippen LogP contribution in [0, 0.1) is 0 Å². The van der Waals surface area contributed by atoms with Crippen LogP contribution in [-0.4, -0.2) is 69.5 Å². The molecule has 0 heterocycles. The number of carbonyl (C=O) groups is 4. The van der Waals surface area contributed by atoms with Crippen LogP contribution in [0.15, 0.2) is 0 Å². The summed E-state index contributed by atoms with van der Waals surface area (Å²) in [4.78, 5) is 42.6. The van der Waals surface area contributed by atoms with Gasteiger partial charge in [-0.1, -0.05) is 0 Å². The molecule has 0 saturated heterocycles. The highest BCUT2D eigenvalue weighted by molar-refractivity contribution is 5.75. The molecule has 0 amide bonds. The summed E-state index contributed by atoms with van der Waals surface area (Å²) in [6.07, 6.45) is -0.778. The Labute approximate surface area is 126 Å². The average Bonchev–Trinajstić information content (AvgIpc) is 2.39. The SMILES string of the molecule is O=C(O)CC[C@H](NCCN[C@@H](CCC(=O)O)C(=O)O)C(=O)O. The zero-order chi connectivity index (χ0) is 17.1.